The number of nitrogens with zero attached hydrogens (tertiary/aromatic N) is 2. The molecule has 1 unspecified atom stereocenters. The molecule has 4 aromatic rings. The topological polar surface area (TPSA) is 102 Å². The van der Waals surface area contributed by atoms with Crippen LogP contribution in [0.2, 0.25) is 0 Å². The van der Waals surface area contributed by atoms with Crippen molar-refractivity contribution in [1.29, 1.82) is 0 Å². The Morgan fingerprint density at radius 3 is 2.26 bits per heavy atom. The van der Waals surface area contributed by atoms with Gasteiger partial charge in [-0.25, -0.2) is 13.2 Å². The fourth-order valence-electron chi connectivity index (χ4n) is 3.77. The molecule has 1 N–H and O–H groups in total. The lowest BCUT2D eigenvalue weighted by atomic mass is 10.1. The molecule has 0 bridgehead atoms. The number of benzene rings is 3. The van der Waals surface area contributed by atoms with E-state index in [2.05, 4.69) is 4.72 Å². The van der Waals surface area contributed by atoms with E-state index in [0.29, 0.717) is 12.1 Å². The summed E-state index contributed by atoms with van der Waals surface area (Å²) >= 11 is 0. The number of carbonyl (C=O) groups excluding carboxylic acids is 1. The number of aryl methyl sites for hydroxylation is 1. The highest BCUT2D eigenvalue weighted by Crippen LogP contribution is 2.19. The number of likely N-dealkylation sites (N-methyl/N-ethyl adjacent to an activating group) is 1. The summed E-state index contributed by atoms with van der Waals surface area (Å²) in [5, 5.41) is 0. The first-order valence-corrected chi connectivity index (χ1v) is 12.2. The van der Waals surface area contributed by atoms with Crippen molar-refractivity contribution in [3.05, 3.63) is 101 Å². The number of hydrogen-bond donors (Lipinski definition) is 1. The Labute approximate surface area is 197 Å². The number of oxazole rings is 1. The summed E-state index contributed by atoms with van der Waals surface area (Å²) in [5.41, 5.74) is 2.39. The van der Waals surface area contributed by atoms with Gasteiger partial charge in [-0.1, -0.05) is 60.7 Å². The molecule has 1 heterocycles. The fourth-order valence-corrected chi connectivity index (χ4v) is 4.97. The zero-order valence-electron chi connectivity index (χ0n) is 18.8. The van der Waals surface area contributed by atoms with E-state index in [-0.39, 0.29) is 22.8 Å². The smallest absolute Gasteiger partial charge is 0.408 e. The molecule has 3 aromatic carbocycles. The monoisotopic (exact) mass is 479 g/mol. The van der Waals surface area contributed by atoms with E-state index >= 15 is 0 Å². The van der Waals surface area contributed by atoms with Gasteiger partial charge in [0.25, 0.3) is 0 Å². The van der Waals surface area contributed by atoms with Gasteiger partial charge in [-0.2, -0.15) is 4.72 Å². The van der Waals surface area contributed by atoms with Crippen LogP contribution in [0, 0.1) is 0 Å². The van der Waals surface area contributed by atoms with E-state index in [9.17, 15) is 18.0 Å². The highest BCUT2D eigenvalue weighted by Gasteiger charge is 2.29. The van der Waals surface area contributed by atoms with Gasteiger partial charge in [0.05, 0.1) is 10.4 Å². The zero-order valence-corrected chi connectivity index (χ0v) is 19.7. The lowest BCUT2D eigenvalue weighted by Gasteiger charge is -2.25. The third-order valence-electron chi connectivity index (χ3n) is 5.59. The number of fused-ring (bicyclic) bond motifs is 1. The molecule has 1 amide bonds. The minimum absolute atomic E-state index is 0.0917. The molecule has 34 heavy (non-hydrogen) atoms. The molecule has 4 rings (SSSR count). The maximum absolute atomic E-state index is 13.4. The molecular formula is C25H25N3O5S. The Morgan fingerprint density at radius 1 is 1.00 bits per heavy atom. The minimum atomic E-state index is -4.09. The molecule has 0 aliphatic carbocycles. The molecule has 0 saturated heterocycles. The van der Waals surface area contributed by atoms with Crippen LogP contribution in [-0.4, -0.2) is 36.9 Å². The molecule has 8 nitrogen and oxygen atoms in total. The van der Waals surface area contributed by atoms with Crippen LogP contribution in [0.5, 0.6) is 0 Å². The Kier molecular flexibility index (Phi) is 6.67. The maximum Gasteiger partial charge on any atom is 0.419 e. The molecule has 1 atom stereocenters. The van der Waals surface area contributed by atoms with Crippen LogP contribution in [0.3, 0.4) is 0 Å². The molecule has 0 aliphatic rings. The molecule has 176 valence electrons. The highest BCUT2D eigenvalue weighted by molar-refractivity contribution is 7.89. The molecule has 0 aliphatic heterocycles. The van der Waals surface area contributed by atoms with Gasteiger partial charge in [0.1, 0.15) is 6.04 Å². The quantitative estimate of drug-likeness (QED) is 0.419. The number of carbonyl (C=O) groups is 1. The van der Waals surface area contributed by atoms with E-state index in [4.69, 9.17) is 4.42 Å². The highest BCUT2D eigenvalue weighted by atomic mass is 32.2. The van der Waals surface area contributed by atoms with Crippen LogP contribution in [0.25, 0.3) is 11.1 Å². The number of hydrogen-bond acceptors (Lipinski definition) is 5. The third-order valence-corrected chi connectivity index (χ3v) is 7.06. The van der Waals surface area contributed by atoms with Gasteiger partial charge in [-0.15, -0.1) is 0 Å². The van der Waals surface area contributed by atoms with Crippen LogP contribution in [0.4, 0.5) is 0 Å². The zero-order chi connectivity index (χ0) is 24.3. The van der Waals surface area contributed by atoms with Gasteiger partial charge in [-0.05, 0) is 29.7 Å². The second kappa shape index (κ2) is 9.66. The standard InChI is InChI=1S/C25H25N3O5S/c1-27(17-19-11-7-4-8-12-19)24(29)21(15-18-9-5-3-6-10-18)26-34(31,32)20-13-14-22-23(16-20)33-25(30)28(22)2/h3-14,16,21,26H,15,17H2,1-2H3. The molecular weight excluding hydrogens is 454 g/mol. The average molecular weight is 480 g/mol. The molecule has 0 spiro atoms. The Hall–Kier alpha value is -3.69. The van der Waals surface area contributed by atoms with Gasteiger partial charge in [0, 0.05) is 26.7 Å². The van der Waals surface area contributed by atoms with Crippen molar-refractivity contribution < 1.29 is 17.6 Å². The molecule has 9 heteroatoms. The Morgan fingerprint density at radius 2 is 1.62 bits per heavy atom. The predicted octanol–water partition coefficient (Wildman–Crippen LogP) is 2.68. The van der Waals surface area contributed by atoms with Gasteiger partial charge >= 0.3 is 5.76 Å². The molecule has 1 aromatic heterocycles. The van der Waals surface area contributed by atoms with Crippen molar-refractivity contribution in [3.63, 3.8) is 0 Å². The number of nitrogens with one attached hydrogen (secondary N) is 1. The number of amides is 1. The summed E-state index contributed by atoms with van der Waals surface area (Å²) in [7, 11) is -0.910. The van der Waals surface area contributed by atoms with Crippen LogP contribution >= 0.6 is 0 Å². The van der Waals surface area contributed by atoms with Crippen LogP contribution < -0.4 is 10.5 Å². The summed E-state index contributed by atoms with van der Waals surface area (Å²) in [5.74, 6) is -0.944. The van der Waals surface area contributed by atoms with Crippen LogP contribution in [0.15, 0.2) is 93.0 Å². The number of sulfonamides is 1. The van der Waals surface area contributed by atoms with E-state index in [0.717, 1.165) is 11.1 Å². The van der Waals surface area contributed by atoms with Gasteiger partial charge in [0.2, 0.25) is 15.9 Å². The maximum atomic E-state index is 13.4. The Bertz CT molecular complexity index is 1460. The van der Waals surface area contributed by atoms with Crippen molar-refractivity contribution in [3.8, 4) is 0 Å². The predicted molar refractivity (Wildman–Crippen MR) is 129 cm³/mol. The minimum Gasteiger partial charge on any atom is -0.408 e. The molecule has 0 fully saturated rings. The molecule has 0 radical (unpaired) electrons. The first-order chi connectivity index (χ1) is 16.2. The van der Waals surface area contributed by atoms with E-state index in [1.807, 2.05) is 60.7 Å². The second-order valence-electron chi connectivity index (χ2n) is 8.10. The first kappa shape index (κ1) is 23.5. The Balaban J connectivity index is 1.62. The second-order valence-corrected chi connectivity index (χ2v) is 9.81. The number of rotatable bonds is 8. The van der Waals surface area contributed by atoms with Crippen LogP contribution in [-0.2, 0) is 34.8 Å². The van der Waals surface area contributed by atoms with Crippen molar-refractivity contribution in [2.24, 2.45) is 7.05 Å². The van der Waals surface area contributed by atoms with Gasteiger partial charge < -0.3 is 9.32 Å². The summed E-state index contributed by atoms with van der Waals surface area (Å²) < 4.78 is 35.5. The van der Waals surface area contributed by atoms with Crippen LogP contribution in [0.1, 0.15) is 11.1 Å². The lowest BCUT2D eigenvalue weighted by molar-refractivity contribution is -0.132. The van der Waals surface area contributed by atoms with E-state index in [1.165, 1.54) is 34.7 Å². The number of aromatic nitrogens is 1. The summed E-state index contributed by atoms with van der Waals surface area (Å²) in [4.78, 5) is 26.5. The van der Waals surface area contributed by atoms with Gasteiger partial charge in [-0.3, -0.25) is 9.36 Å². The third kappa shape index (κ3) is 5.11. The lowest BCUT2D eigenvalue weighted by Crippen LogP contribution is -2.48. The van der Waals surface area contributed by atoms with Crippen molar-refractivity contribution in [2.75, 3.05) is 7.05 Å². The summed E-state index contributed by atoms with van der Waals surface area (Å²) in [6.45, 7) is 0.341. The van der Waals surface area contributed by atoms with Crippen molar-refractivity contribution in [1.82, 2.24) is 14.2 Å². The van der Waals surface area contributed by atoms with E-state index < -0.39 is 21.8 Å². The first-order valence-electron chi connectivity index (χ1n) is 10.7. The molecule has 0 saturated carbocycles. The summed E-state index contributed by atoms with van der Waals surface area (Å²) in [6.07, 6.45) is 0.181. The van der Waals surface area contributed by atoms with E-state index in [1.54, 1.807) is 7.05 Å². The van der Waals surface area contributed by atoms with Crippen molar-refractivity contribution >= 4 is 27.0 Å². The van der Waals surface area contributed by atoms with Gasteiger partial charge in [0.15, 0.2) is 5.58 Å². The largest absolute Gasteiger partial charge is 0.419 e. The fraction of sp³-hybridized carbons (Fsp3) is 0.200. The SMILES string of the molecule is CN(Cc1ccccc1)C(=O)C(Cc1ccccc1)NS(=O)(=O)c1ccc2c(c1)oc(=O)n2C. The average Bonchev–Trinajstić information content (AvgIpc) is 3.12. The summed E-state index contributed by atoms with van der Waals surface area (Å²) in [6, 6.07) is 21.8. The normalized spacial score (nSPS) is 12.5. The van der Waals surface area contributed by atoms with Crippen molar-refractivity contribution in [2.45, 2.75) is 23.9 Å².